The van der Waals surface area contributed by atoms with Crippen LogP contribution in [0.3, 0.4) is 0 Å². The molecule has 0 radical (unpaired) electrons. The van der Waals surface area contributed by atoms with Crippen LogP contribution in [0.2, 0.25) is 0 Å². The Balaban J connectivity index is 1.60. The van der Waals surface area contributed by atoms with Crippen molar-refractivity contribution in [3.8, 4) is 11.5 Å². The molecule has 0 aliphatic carbocycles. The molecule has 2 N–H and O–H groups in total. The van der Waals surface area contributed by atoms with E-state index in [4.69, 9.17) is 9.47 Å². The summed E-state index contributed by atoms with van der Waals surface area (Å²) in [5.74, 6) is 1.45. The summed E-state index contributed by atoms with van der Waals surface area (Å²) in [5.41, 5.74) is 5.21. The van der Waals surface area contributed by atoms with E-state index in [9.17, 15) is 4.79 Å². The van der Waals surface area contributed by atoms with Crippen LogP contribution in [0, 0.1) is 12.8 Å². The van der Waals surface area contributed by atoms with Gasteiger partial charge in [-0.3, -0.25) is 4.79 Å². The van der Waals surface area contributed by atoms with E-state index < -0.39 is 0 Å². The molecule has 0 atom stereocenters. The molecule has 0 saturated heterocycles. The first-order chi connectivity index (χ1) is 15.4. The molecular weight excluding hydrogens is 400 g/mol. The molecule has 5 nitrogen and oxygen atoms in total. The number of hydrogen-bond donors (Lipinski definition) is 2. The smallest absolute Gasteiger partial charge is 0.226 e. The van der Waals surface area contributed by atoms with Gasteiger partial charge < -0.3 is 20.1 Å². The monoisotopic (exact) mass is 432 g/mol. The summed E-state index contributed by atoms with van der Waals surface area (Å²) < 4.78 is 11.9. The summed E-state index contributed by atoms with van der Waals surface area (Å²) in [6.45, 7) is 9.51. The molecule has 0 spiro atoms. The van der Waals surface area contributed by atoms with E-state index in [0.717, 1.165) is 34.0 Å². The predicted octanol–water partition coefficient (Wildman–Crippen LogP) is 6.18. The Labute approximate surface area is 190 Å². The minimum Gasteiger partial charge on any atom is -0.490 e. The highest BCUT2D eigenvalue weighted by molar-refractivity contribution is 5.92. The summed E-state index contributed by atoms with van der Waals surface area (Å²) >= 11 is 0. The number of anilines is 2. The lowest BCUT2D eigenvalue weighted by atomic mass is 10.1. The van der Waals surface area contributed by atoms with Crippen molar-refractivity contribution in [3.63, 3.8) is 0 Å². The van der Waals surface area contributed by atoms with Crippen molar-refractivity contribution in [2.45, 2.75) is 40.8 Å². The normalized spacial score (nSPS) is 10.7. The second-order valence-corrected chi connectivity index (χ2v) is 8.07. The van der Waals surface area contributed by atoms with Gasteiger partial charge in [-0.25, -0.2) is 0 Å². The minimum absolute atomic E-state index is 0.0128. The Morgan fingerprint density at radius 1 is 0.875 bits per heavy atom. The minimum atomic E-state index is -0.0453. The van der Waals surface area contributed by atoms with Crippen LogP contribution in [0.5, 0.6) is 11.5 Å². The summed E-state index contributed by atoms with van der Waals surface area (Å²) in [6, 6.07) is 22.0. The molecule has 0 aliphatic rings. The quantitative estimate of drug-likeness (QED) is 0.402. The summed E-state index contributed by atoms with van der Waals surface area (Å²) in [4.78, 5) is 11.8. The topological polar surface area (TPSA) is 59.6 Å². The van der Waals surface area contributed by atoms with Gasteiger partial charge in [0.1, 0.15) is 6.61 Å². The number of ether oxygens (including phenoxy) is 2. The van der Waals surface area contributed by atoms with Gasteiger partial charge in [-0.1, -0.05) is 49.7 Å². The van der Waals surface area contributed by atoms with Crippen LogP contribution in [-0.4, -0.2) is 12.5 Å². The molecule has 32 heavy (non-hydrogen) atoms. The molecule has 3 rings (SSSR count). The Bertz CT molecular complexity index is 1030. The van der Waals surface area contributed by atoms with Gasteiger partial charge in [0.05, 0.1) is 6.61 Å². The zero-order valence-electron chi connectivity index (χ0n) is 19.3. The standard InChI is InChI=1S/C27H32N2O3/c1-5-31-26-16-21(9-14-25(26)32-18-22-8-6-7-20(4)15-22)17-28-23-10-12-24(13-11-23)29-27(30)19(2)3/h6-16,19,28H,5,17-18H2,1-4H3,(H,29,30). The van der Waals surface area contributed by atoms with Gasteiger partial charge in [0, 0.05) is 23.8 Å². The highest BCUT2D eigenvalue weighted by Gasteiger charge is 2.09. The first-order valence-corrected chi connectivity index (χ1v) is 11.0. The third kappa shape index (κ3) is 6.77. The Morgan fingerprint density at radius 2 is 1.62 bits per heavy atom. The largest absolute Gasteiger partial charge is 0.490 e. The van der Waals surface area contributed by atoms with Crippen molar-refractivity contribution in [2.24, 2.45) is 5.92 Å². The molecule has 0 bridgehead atoms. The van der Waals surface area contributed by atoms with E-state index in [0.29, 0.717) is 19.8 Å². The molecule has 1 amide bonds. The molecule has 0 heterocycles. The summed E-state index contributed by atoms with van der Waals surface area (Å²) in [6.07, 6.45) is 0. The molecule has 5 heteroatoms. The van der Waals surface area contributed by atoms with Crippen LogP contribution in [0.1, 0.15) is 37.5 Å². The SMILES string of the molecule is CCOc1cc(CNc2ccc(NC(=O)C(C)C)cc2)ccc1OCc1cccc(C)c1. The average Bonchev–Trinajstić information content (AvgIpc) is 2.78. The number of hydrogen-bond acceptors (Lipinski definition) is 4. The average molecular weight is 433 g/mol. The molecule has 3 aromatic rings. The van der Waals surface area contributed by atoms with Crippen LogP contribution >= 0.6 is 0 Å². The third-order valence-electron chi connectivity index (χ3n) is 4.96. The molecule has 0 saturated carbocycles. The van der Waals surface area contributed by atoms with Crippen LogP contribution in [0.15, 0.2) is 66.7 Å². The van der Waals surface area contributed by atoms with E-state index >= 15 is 0 Å². The highest BCUT2D eigenvalue weighted by atomic mass is 16.5. The molecule has 3 aromatic carbocycles. The van der Waals surface area contributed by atoms with E-state index in [1.807, 2.05) is 69.3 Å². The first-order valence-electron chi connectivity index (χ1n) is 11.0. The van der Waals surface area contributed by atoms with Crippen molar-refractivity contribution in [3.05, 3.63) is 83.4 Å². The van der Waals surface area contributed by atoms with Gasteiger partial charge in [-0.05, 0) is 61.4 Å². The maximum atomic E-state index is 11.8. The number of aryl methyl sites for hydroxylation is 1. The zero-order chi connectivity index (χ0) is 22.9. The fraction of sp³-hybridized carbons (Fsp3) is 0.296. The second-order valence-electron chi connectivity index (χ2n) is 8.07. The van der Waals surface area contributed by atoms with Gasteiger partial charge in [-0.15, -0.1) is 0 Å². The van der Waals surface area contributed by atoms with Crippen molar-refractivity contribution >= 4 is 17.3 Å². The predicted molar refractivity (Wildman–Crippen MR) is 130 cm³/mol. The maximum Gasteiger partial charge on any atom is 0.226 e. The Morgan fingerprint density at radius 3 is 2.31 bits per heavy atom. The summed E-state index contributed by atoms with van der Waals surface area (Å²) in [7, 11) is 0. The Hall–Kier alpha value is -3.47. The van der Waals surface area contributed by atoms with Crippen LogP contribution in [-0.2, 0) is 17.9 Å². The first kappa shape index (κ1) is 23.2. The van der Waals surface area contributed by atoms with Crippen LogP contribution < -0.4 is 20.1 Å². The van der Waals surface area contributed by atoms with E-state index in [2.05, 4.69) is 35.8 Å². The van der Waals surface area contributed by atoms with Gasteiger partial charge in [0.2, 0.25) is 5.91 Å². The number of nitrogens with one attached hydrogen (secondary N) is 2. The highest BCUT2D eigenvalue weighted by Crippen LogP contribution is 2.30. The molecule has 168 valence electrons. The Kier molecular flexibility index (Phi) is 8.14. The number of carbonyl (C=O) groups excluding carboxylic acids is 1. The fourth-order valence-electron chi connectivity index (χ4n) is 3.18. The van der Waals surface area contributed by atoms with Gasteiger partial charge in [-0.2, -0.15) is 0 Å². The molecule has 0 unspecified atom stereocenters. The summed E-state index contributed by atoms with van der Waals surface area (Å²) in [5, 5.41) is 6.31. The lowest BCUT2D eigenvalue weighted by molar-refractivity contribution is -0.118. The lowest BCUT2D eigenvalue weighted by Crippen LogP contribution is -2.17. The van der Waals surface area contributed by atoms with Crippen LogP contribution in [0.25, 0.3) is 0 Å². The second kappa shape index (κ2) is 11.2. The molecular formula is C27H32N2O3. The maximum absolute atomic E-state index is 11.8. The van der Waals surface area contributed by atoms with Crippen molar-refractivity contribution in [1.82, 2.24) is 0 Å². The van der Waals surface area contributed by atoms with Gasteiger partial charge in [0.25, 0.3) is 0 Å². The molecule has 0 fully saturated rings. The third-order valence-corrected chi connectivity index (χ3v) is 4.96. The van der Waals surface area contributed by atoms with E-state index in [-0.39, 0.29) is 11.8 Å². The molecule has 0 aliphatic heterocycles. The van der Waals surface area contributed by atoms with Gasteiger partial charge >= 0.3 is 0 Å². The number of benzene rings is 3. The van der Waals surface area contributed by atoms with Crippen LogP contribution in [0.4, 0.5) is 11.4 Å². The van der Waals surface area contributed by atoms with Crippen molar-refractivity contribution in [2.75, 3.05) is 17.2 Å². The van der Waals surface area contributed by atoms with Gasteiger partial charge in [0.15, 0.2) is 11.5 Å². The number of carbonyl (C=O) groups is 1. The zero-order valence-corrected chi connectivity index (χ0v) is 19.3. The lowest BCUT2D eigenvalue weighted by Gasteiger charge is -2.15. The van der Waals surface area contributed by atoms with Crippen molar-refractivity contribution in [1.29, 1.82) is 0 Å². The number of rotatable bonds is 10. The fourth-order valence-corrected chi connectivity index (χ4v) is 3.18. The number of amides is 1. The van der Waals surface area contributed by atoms with E-state index in [1.54, 1.807) is 0 Å². The van der Waals surface area contributed by atoms with E-state index in [1.165, 1.54) is 5.56 Å². The molecule has 0 aromatic heterocycles. The van der Waals surface area contributed by atoms with Crippen molar-refractivity contribution < 1.29 is 14.3 Å².